The van der Waals surface area contributed by atoms with Crippen LogP contribution in [0.4, 0.5) is 0 Å². The quantitative estimate of drug-likeness (QED) is 0.106. The summed E-state index contributed by atoms with van der Waals surface area (Å²) in [5.41, 5.74) is 4.90. The topological polar surface area (TPSA) is 104 Å². The largest absolute Gasteiger partial charge is 0.493 e. The number of carbonyl (C=O) groups is 3. The van der Waals surface area contributed by atoms with Crippen LogP contribution in [0.15, 0.2) is 121 Å². The Labute approximate surface area is 280 Å². The minimum Gasteiger partial charge on any atom is -0.493 e. The van der Waals surface area contributed by atoms with Crippen LogP contribution in [0, 0.1) is 0 Å². The maximum absolute atomic E-state index is 13.4. The Bertz CT molecular complexity index is 1760. The van der Waals surface area contributed by atoms with E-state index >= 15 is 0 Å². The van der Waals surface area contributed by atoms with Crippen LogP contribution in [0.2, 0.25) is 0 Å². The first-order chi connectivity index (χ1) is 23.2. The van der Waals surface area contributed by atoms with E-state index in [9.17, 15) is 14.4 Å². The average Bonchev–Trinajstić information content (AvgIpc) is 3.12. The van der Waals surface area contributed by atoms with Crippen molar-refractivity contribution in [1.82, 2.24) is 10.3 Å². The molecule has 0 aliphatic heterocycles. The van der Waals surface area contributed by atoms with E-state index in [2.05, 4.69) is 83.1 Å². The van der Waals surface area contributed by atoms with Crippen molar-refractivity contribution >= 4 is 18.2 Å². The highest BCUT2D eigenvalue weighted by atomic mass is 16.6. The summed E-state index contributed by atoms with van der Waals surface area (Å²) in [6.45, 7) is 4.60. The van der Waals surface area contributed by atoms with Crippen molar-refractivity contribution < 1.29 is 28.6 Å². The molecule has 4 aromatic carbocycles. The van der Waals surface area contributed by atoms with E-state index in [1.807, 2.05) is 43.3 Å². The molecule has 1 heterocycles. The molecule has 0 saturated carbocycles. The Morgan fingerprint density at radius 3 is 1.75 bits per heavy atom. The van der Waals surface area contributed by atoms with Gasteiger partial charge >= 0.3 is 5.97 Å². The highest BCUT2D eigenvalue weighted by molar-refractivity contribution is 5.98. The number of hydrogen-bond donors (Lipinski definition) is 1. The Morgan fingerprint density at radius 2 is 1.29 bits per heavy atom. The van der Waals surface area contributed by atoms with Crippen LogP contribution in [0.3, 0.4) is 0 Å². The Kier molecular flexibility index (Phi) is 10.8. The van der Waals surface area contributed by atoms with Crippen molar-refractivity contribution in [2.24, 2.45) is 0 Å². The van der Waals surface area contributed by atoms with Crippen molar-refractivity contribution in [3.63, 3.8) is 0 Å². The monoisotopic (exact) mass is 642 g/mol. The fraction of sp³-hybridized carbons (Fsp3) is 0.200. The molecule has 5 aromatic rings. The highest BCUT2D eigenvalue weighted by Crippen LogP contribution is 2.34. The number of benzene rings is 4. The maximum atomic E-state index is 13.4. The molecular formula is C40H38N2O6. The number of amides is 1. The Morgan fingerprint density at radius 1 is 0.792 bits per heavy atom. The van der Waals surface area contributed by atoms with Gasteiger partial charge in [-0.2, -0.15) is 0 Å². The van der Waals surface area contributed by atoms with Gasteiger partial charge in [0.1, 0.15) is 11.8 Å². The first-order valence-electron chi connectivity index (χ1n) is 15.6. The zero-order valence-electron chi connectivity index (χ0n) is 27.4. The number of nitrogens with zero attached hydrogens (tertiary/aromatic N) is 1. The second kappa shape index (κ2) is 15.3. The molecule has 0 fully saturated rings. The third kappa shape index (κ3) is 8.03. The summed E-state index contributed by atoms with van der Waals surface area (Å²) in [7, 11) is 1.38. The fourth-order valence-corrected chi connectivity index (χ4v) is 5.58. The normalized spacial score (nSPS) is 12.9. The summed E-state index contributed by atoms with van der Waals surface area (Å²) < 4.78 is 16.9. The van der Waals surface area contributed by atoms with E-state index < -0.39 is 23.5 Å². The number of pyridine rings is 1. The molecule has 244 valence electrons. The number of methoxy groups -OCH3 is 1. The number of esters is 1. The zero-order valence-corrected chi connectivity index (χ0v) is 27.4. The van der Waals surface area contributed by atoms with E-state index in [0.29, 0.717) is 6.29 Å². The molecule has 0 radical (unpaired) electrons. The highest BCUT2D eigenvalue weighted by Gasteiger charge is 2.32. The summed E-state index contributed by atoms with van der Waals surface area (Å²) in [4.78, 5) is 41.6. The van der Waals surface area contributed by atoms with Crippen LogP contribution in [-0.2, 0) is 14.3 Å². The molecule has 1 aromatic heterocycles. The Balaban J connectivity index is 1.40. The van der Waals surface area contributed by atoms with E-state index in [-0.39, 0.29) is 29.7 Å². The number of aromatic nitrogens is 1. The summed E-state index contributed by atoms with van der Waals surface area (Å²) in [5, 5.41) is 2.71. The number of aldehydes is 1. The summed E-state index contributed by atoms with van der Waals surface area (Å²) in [5.74, 6) is -1.54. The first-order valence-corrected chi connectivity index (χ1v) is 15.6. The number of nitrogens with one attached hydrogen (secondary N) is 1. The van der Waals surface area contributed by atoms with Gasteiger partial charge in [-0.3, -0.25) is 9.59 Å². The smallest absolute Gasteiger partial charge is 0.308 e. The van der Waals surface area contributed by atoms with Gasteiger partial charge in [-0.25, -0.2) is 4.98 Å². The van der Waals surface area contributed by atoms with Crippen LogP contribution in [0.1, 0.15) is 48.3 Å². The van der Waals surface area contributed by atoms with Crippen molar-refractivity contribution in [1.29, 1.82) is 0 Å². The standard InChI is InChI=1S/C40H38N2O6/c1-27(47-26-40(3,25-43)42-39(45)37-38(48-28(2)44)35(46-4)23-24-41-37)36(33-19-15-31(16-20-33)29-11-7-5-8-12-29)34-21-17-32(18-22-34)30-13-9-6-10-14-30/h5-25,27,36H,26H2,1-4H3,(H,42,45)/t27-,40-/m0/s1. The van der Waals surface area contributed by atoms with Gasteiger partial charge in [-0.1, -0.05) is 109 Å². The number of rotatable bonds is 13. The lowest BCUT2D eigenvalue weighted by molar-refractivity contribution is -0.132. The van der Waals surface area contributed by atoms with Crippen LogP contribution in [0.25, 0.3) is 22.3 Å². The van der Waals surface area contributed by atoms with Crippen molar-refractivity contribution in [3.05, 3.63) is 138 Å². The van der Waals surface area contributed by atoms with Gasteiger partial charge in [0.15, 0.2) is 11.4 Å². The molecule has 0 spiro atoms. The number of ether oxygens (including phenoxy) is 3. The average molecular weight is 643 g/mol. The Hall–Kier alpha value is -5.60. The van der Waals surface area contributed by atoms with Gasteiger partial charge in [-0.05, 0) is 47.2 Å². The van der Waals surface area contributed by atoms with Gasteiger partial charge in [0.2, 0.25) is 5.75 Å². The van der Waals surface area contributed by atoms with Crippen LogP contribution in [0.5, 0.6) is 11.5 Å². The first kappa shape index (κ1) is 33.8. The fourth-order valence-electron chi connectivity index (χ4n) is 5.58. The molecule has 8 nitrogen and oxygen atoms in total. The third-order valence-electron chi connectivity index (χ3n) is 8.08. The molecule has 5 rings (SSSR count). The maximum Gasteiger partial charge on any atom is 0.308 e. The van der Waals surface area contributed by atoms with Gasteiger partial charge in [-0.15, -0.1) is 0 Å². The van der Waals surface area contributed by atoms with E-state index in [0.717, 1.165) is 33.4 Å². The van der Waals surface area contributed by atoms with Gasteiger partial charge in [0.25, 0.3) is 5.91 Å². The van der Waals surface area contributed by atoms with Crippen molar-refractivity contribution in [2.75, 3.05) is 13.7 Å². The molecule has 0 aliphatic carbocycles. The summed E-state index contributed by atoms with van der Waals surface area (Å²) in [6.07, 6.45) is 1.58. The second-order valence-electron chi connectivity index (χ2n) is 11.7. The minimum absolute atomic E-state index is 0.128. The lowest BCUT2D eigenvalue weighted by atomic mass is 9.85. The third-order valence-corrected chi connectivity index (χ3v) is 8.08. The lowest BCUT2D eigenvalue weighted by Crippen LogP contribution is -2.52. The van der Waals surface area contributed by atoms with Gasteiger partial charge in [0.05, 0.1) is 19.8 Å². The van der Waals surface area contributed by atoms with Crippen LogP contribution < -0.4 is 14.8 Å². The SMILES string of the molecule is COc1ccnc(C(=O)N[C@@](C)(C=O)CO[C@@H](C)C(c2ccc(-c3ccccc3)cc2)c2ccc(-c3ccccc3)cc2)c1OC(C)=O. The molecule has 0 unspecified atom stereocenters. The lowest BCUT2D eigenvalue weighted by Gasteiger charge is -2.30. The molecule has 1 N–H and O–H groups in total. The van der Waals surface area contributed by atoms with E-state index in [1.165, 1.54) is 26.3 Å². The molecule has 1 amide bonds. The summed E-state index contributed by atoms with van der Waals surface area (Å²) in [6, 6.07) is 38.6. The predicted octanol–water partition coefficient (Wildman–Crippen LogP) is 7.27. The molecular weight excluding hydrogens is 604 g/mol. The molecule has 8 heteroatoms. The minimum atomic E-state index is -1.43. The molecule has 0 bridgehead atoms. The second-order valence-corrected chi connectivity index (χ2v) is 11.7. The van der Waals surface area contributed by atoms with Crippen molar-refractivity contribution in [3.8, 4) is 33.8 Å². The predicted molar refractivity (Wildman–Crippen MR) is 185 cm³/mol. The molecule has 0 aliphatic rings. The molecule has 0 saturated heterocycles. The zero-order chi connectivity index (χ0) is 34.1. The van der Waals surface area contributed by atoms with Crippen molar-refractivity contribution in [2.45, 2.75) is 38.3 Å². The number of hydrogen-bond acceptors (Lipinski definition) is 7. The van der Waals surface area contributed by atoms with Gasteiger partial charge in [0, 0.05) is 25.1 Å². The summed E-state index contributed by atoms with van der Waals surface area (Å²) >= 11 is 0. The molecule has 48 heavy (non-hydrogen) atoms. The van der Waals surface area contributed by atoms with Crippen LogP contribution in [-0.4, -0.2) is 48.5 Å². The van der Waals surface area contributed by atoms with Gasteiger partial charge < -0.3 is 24.3 Å². The van der Waals surface area contributed by atoms with E-state index in [4.69, 9.17) is 14.2 Å². The molecule has 2 atom stereocenters. The number of carbonyl (C=O) groups excluding carboxylic acids is 3. The van der Waals surface area contributed by atoms with E-state index in [1.54, 1.807) is 6.92 Å². The van der Waals surface area contributed by atoms with Crippen LogP contribution >= 0.6 is 0 Å².